The van der Waals surface area contributed by atoms with Crippen molar-refractivity contribution in [3.8, 4) is 0 Å². The van der Waals surface area contributed by atoms with Gasteiger partial charge in [0.05, 0.1) is 19.3 Å². The van der Waals surface area contributed by atoms with Gasteiger partial charge in [-0.2, -0.15) is 0 Å². The lowest BCUT2D eigenvalue weighted by Gasteiger charge is -2.31. The van der Waals surface area contributed by atoms with E-state index in [1.54, 1.807) is 25.7 Å². The lowest BCUT2D eigenvalue weighted by molar-refractivity contribution is -0.123. The summed E-state index contributed by atoms with van der Waals surface area (Å²) in [6, 6.07) is 4.14. The van der Waals surface area contributed by atoms with Crippen molar-refractivity contribution in [2.75, 3.05) is 38.7 Å². The molecule has 2 aromatic rings. The summed E-state index contributed by atoms with van der Waals surface area (Å²) in [6.07, 6.45) is 7.00. The van der Waals surface area contributed by atoms with Crippen LogP contribution in [0.15, 0.2) is 30.7 Å². The molecule has 29 heavy (non-hydrogen) atoms. The number of rotatable bonds is 8. The summed E-state index contributed by atoms with van der Waals surface area (Å²) in [6.45, 7) is 6.69. The minimum absolute atomic E-state index is 0.0294. The Hall–Kier alpha value is -2.58. The van der Waals surface area contributed by atoms with Crippen molar-refractivity contribution in [3.05, 3.63) is 42.1 Å². The number of methoxy groups -OCH3 is 1. The number of aryl methyl sites for hydroxylation is 1. The van der Waals surface area contributed by atoms with Crippen molar-refractivity contribution in [3.63, 3.8) is 0 Å². The van der Waals surface area contributed by atoms with Gasteiger partial charge >= 0.3 is 0 Å². The standard InChI is InChI=1S/C21H30N6O2/c1-15-10-18(26-20-12-22-6-7-23-20)11-19(24-15)17-4-8-27(9-5-17)13-21(28)25-16(2)14-29-3/h6-7,10-12,16-17H,4-5,8-9,13-14H2,1-3H3,(H,25,28)(H,23,24,26)/t16-/m0/s1. The Morgan fingerprint density at radius 3 is 2.79 bits per heavy atom. The molecule has 156 valence electrons. The highest BCUT2D eigenvalue weighted by Crippen LogP contribution is 2.29. The number of aromatic nitrogens is 3. The Balaban J connectivity index is 1.54. The average Bonchev–Trinajstić information content (AvgIpc) is 2.69. The van der Waals surface area contributed by atoms with Crippen LogP contribution in [0.3, 0.4) is 0 Å². The zero-order chi connectivity index (χ0) is 20.6. The van der Waals surface area contributed by atoms with E-state index in [1.807, 2.05) is 19.9 Å². The number of anilines is 2. The van der Waals surface area contributed by atoms with E-state index < -0.39 is 0 Å². The molecular formula is C21H30N6O2. The zero-order valence-electron chi connectivity index (χ0n) is 17.4. The maximum Gasteiger partial charge on any atom is 0.234 e. The quantitative estimate of drug-likeness (QED) is 0.704. The lowest BCUT2D eigenvalue weighted by Crippen LogP contribution is -2.44. The fraction of sp³-hybridized carbons (Fsp3) is 0.524. The van der Waals surface area contributed by atoms with Crippen molar-refractivity contribution < 1.29 is 9.53 Å². The highest BCUT2D eigenvalue weighted by atomic mass is 16.5. The van der Waals surface area contributed by atoms with E-state index in [0.29, 0.717) is 24.9 Å². The van der Waals surface area contributed by atoms with Crippen LogP contribution in [0, 0.1) is 6.92 Å². The molecule has 0 spiro atoms. The molecule has 0 radical (unpaired) electrons. The molecule has 0 aromatic carbocycles. The van der Waals surface area contributed by atoms with Crippen molar-refractivity contribution in [1.82, 2.24) is 25.2 Å². The topological polar surface area (TPSA) is 92.3 Å². The maximum absolute atomic E-state index is 12.2. The summed E-state index contributed by atoms with van der Waals surface area (Å²) < 4.78 is 5.07. The first kappa shape index (κ1) is 21.1. The van der Waals surface area contributed by atoms with Crippen LogP contribution in [0.2, 0.25) is 0 Å². The number of piperidine rings is 1. The molecule has 1 aliphatic rings. The minimum Gasteiger partial charge on any atom is -0.383 e. The third-order valence-corrected chi connectivity index (χ3v) is 5.01. The Bertz CT molecular complexity index is 793. The van der Waals surface area contributed by atoms with Crippen LogP contribution in [0.5, 0.6) is 0 Å². The number of nitrogens with one attached hydrogen (secondary N) is 2. The Morgan fingerprint density at radius 1 is 1.31 bits per heavy atom. The number of ether oxygens (including phenoxy) is 1. The van der Waals surface area contributed by atoms with Crippen LogP contribution in [0.1, 0.15) is 37.1 Å². The summed E-state index contributed by atoms with van der Waals surface area (Å²) in [5.41, 5.74) is 3.04. The van der Waals surface area contributed by atoms with E-state index >= 15 is 0 Å². The van der Waals surface area contributed by atoms with Crippen molar-refractivity contribution >= 4 is 17.4 Å². The highest BCUT2D eigenvalue weighted by Gasteiger charge is 2.23. The predicted molar refractivity (Wildman–Crippen MR) is 112 cm³/mol. The molecule has 0 unspecified atom stereocenters. The van der Waals surface area contributed by atoms with Crippen LogP contribution in [-0.2, 0) is 9.53 Å². The van der Waals surface area contributed by atoms with Crippen molar-refractivity contribution in [2.24, 2.45) is 0 Å². The monoisotopic (exact) mass is 398 g/mol. The molecule has 0 saturated carbocycles. The summed E-state index contributed by atoms with van der Waals surface area (Å²) in [4.78, 5) is 27.5. The molecule has 8 nitrogen and oxygen atoms in total. The Kier molecular flexibility index (Phi) is 7.48. The van der Waals surface area contributed by atoms with E-state index in [0.717, 1.165) is 43.0 Å². The molecule has 0 bridgehead atoms. The van der Waals surface area contributed by atoms with E-state index in [2.05, 4.69) is 31.6 Å². The SMILES string of the molecule is COC[C@H](C)NC(=O)CN1CCC(c2cc(Nc3cnccn3)cc(C)n2)CC1. The molecular weight excluding hydrogens is 368 g/mol. The summed E-state index contributed by atoms with van der Waals surface area (Å²) >= 11 is 0. The van der Waals surface area contributed by atoms with Crippen LogP contribution in [0.4, 0.5) is 11.5 Å². The van der Waals surface area contributed by atoms with Gasteiger partial charge in [0.25, 0.3) is 0 Å². The van der Waals surface area contributed by atoms with Gasteiger partial charge in [0.1, 0.15) is 5.82 Å². The fourth-order valence-corrected chi connectivity index (χ4v) is 3.69. The molecule has 1 aliphatic heterocycles. The number of pyridine rings is 1. The number of hydrogen-bond acceptors (Lipinski definition) is 7. The van der Waals surface area contributed by atoms with E-state index in [9.17, 15) is 4.79 Å². The van der Waals surface area contributed by atoms with Crippen molar-refractivity contribution in [1.29, 1.82) is 0 Å². The summed E-state index contributed by atoms with van der Waals surface area (Å²) in [5.74, 6) is 1.16. The number of carbonyl (C=O) groups excluding carboxylic acids is 1. The van der Waals surface area contributed by atoms with Gasteiger partial charge in [0.15, 0.2) is 0 Å². The molecule has 0 aliphatic carbocycles. The highest BCUT2D eigenvalue weighted by molar-refractivity contribution is 5.78. The first-order valence-corrected chi connectivity index (χ1v) is 10.1. The summed E-state index contributed by atoms with van der Waals surface area (Å²) in [5, 5.41) is 6.27. The smallest absolute Gasteiger partial charge is 0.234 e. The number of carbonyl (C=O) groups is 1. The molecule has 1 atom stereocenters. The second kappa shape index (κ2) is 10.3. The van der Waals surface area contributed by atoms with Gasteiger partial charge in [-0.1, -0.05) is 0 Å². The first-order chi connectivity index (χ1) is 14.0. The molecule has 3 heterocycles. The van der Waals surface area contributed by atoms with Crippen LogP contribution in [0.25, 0.3) is 0 Å². The molecule has 8 heteroatoms. The second-order valence-electron chi connectivity index (χ2n) is 7.61. The Morgan fingerprint density at radius 2 is 2.10 bits per heavy atom. The van der Waals surface area contributed by atoms with Gasteiger partial charge in [0.2, 0.25) is 5.91 Å². The molecule has 2 N–H and O–H groups in total. The maximum atomic E-state index is 12.2. The third-order valence-electron chi connectivity index (χ3n) is 5.01. The van der Waals surface area contributed by atoms with Crippen LogP contribution in [-0.4, -0.2) is 65.2 Å². The van der Waals surface area contributed by atoms with Gasteiger partial charge in [-0.3, -0.25) is 19.7 Å². The van der Waals surface area contributed by atoms with Gasteiger partial charge < -0.3 is 15.4 Å². The second-order valence-corrected chi connectivity index (χ2v) is 7.61. The van der Waals surface area contributed by atoms with E-state index in [-0.39, 0.29) is 11.9 Å². The zero-order valence-corrected chi connectivity index (χ0v) is 17.4. The van der Waals surface area contributed by atoms with Crippen LogP contribution < -0.4 is 10.6 Å². The number of nitrogens with zero attached hydrogens (tertiary/aromatic N) is 4. The fourth-order valence-electron chi connectivity index (χ4n) is 3.69. The first-order valence-electron chi connectivity index (χ1n) is 10.1. The lowest BCUT2D eigenvalue weighted by atomic mass is 9.92. The van der Waals surface area contributed by atoms with Gasteiger partial charge in [-0.15, -0.1) is 0 Å². The minimum atomic E-state index is 0.0294. The van der Waals surface area contributed by atoms with E-state index in [1.165, 1.54) is 0 Å². The molecule has 3 rings (SSSR count). The molecule has 1 fully saturated rings. The van der Waals surface area contributed by atoms with Crippen LogP contribution >= 0.6 is 0 Å². The Labute approximate surface area is 172 Å². The number of amides is 1. The summed E-state index contributed by atoms with van der Waals surface area (Å²) in [7, 11) is 1.64. The number of hydrogen-bond donors (Lipinski definition) is 2. The largest absolute Gasteiger partial charge is 0.383 e. The van der Waals surface area contributed by atoms with Gasteiger partial charge in [0, 0.05) is 48.5 Å². The van der Waals surface area contributed by atoms with Gasteiger partial charge in [-0.25, -0.2) is 4.98 Å². The normalized spacial score (nSPS) is 16.4. The molecule has 1 saturated heterocycles. The average molecular weight is 399 g/mol. The molecule has 2 aromatic heterocycles. The molecule has 1 amide bonds. The van der Waals surface area contributed by atoms with Crippen molar-refractivity contribution in [2.45, 2.75) is 38.6 Å². The number of likely N-dealkylation sites (tertiary alicyclic amines) is 1. The van der Waals surface area contributed by atoms with Gasteiger partial charge in [-0.05, 0) is 51.9 Å². The predicted octanol–water partition coefficient (Wildman–Crippen LogP) is 2.25. The third kappa shape index (κ3) is 6.47. The van der Waals surface area contributed by atoms with E-state index in [4.69, 9.17) is 9.72 Å².